The van der Waals surface area contributed by atoms with Crippen LogP contribution in [0.4, 0.5) is 0 Å². The van der Waals surface area contributed by atoms with Gasteiger partial charge in [0.25, 0.3) is 0 Å². The van der Waals surface area contributed by atoms with E-state index in [4.69, 9.17) is 0 Å². The molecule has 4 fully saturated rings. The molecule has 0 radical (unpaired) electrons. The van der Waals surface area contributed by atoms with E-state index < -0.39 is 11.1 Å². The molecule has 4 unspecified atom stereocenters. The van der Waals surface area contributed by atoms with Gasteiger partial charge in [0, 0.05) is 5.75 Å². The highest BCUT2D eigenvalue weighted by atomic mass is 32.2. The standard InChI is InChI=1S/C25H44O4S/c1-5-17-21-14-16(26)8-11-25(21,4)20-9-12-24(3)18(15(2)10-13-30(28)29)6-7-19(24)22(20)23(17)27/h15-23,26-27H,5-14H2,1-4H3,(H,28,29)/t15-,16-,17-,18-,19+,20+,21?,22-,23-,24?,25?/m1/s1. The van der Waals surface area contributed by atoms with Crippen molar-refractivity contribution in [3.05, 3.63) is 0 Å². The van der Waals surface area contributed by atoms with Gasteiger partial charge in [0.1, 0.15) is 0 Å². The van der Waals surface area contributed by atoms with Gasteiger partial charge in [-0.05, 0) is 104 Å². The van der Waals surface area contributed by atoms with Crippen LogP contribution in [0.1, 0.15) is 85.5 Å². The molecule has 0 aromatic carbocycles. The van der Waals surface area contributed by atoms with E-state index in [0.29, 0.717) is 47.2 Å². The zero-order valence-corrected chi connectivity index (χ0v) is 20.2. The van der Waals surface area contributed by atoms with E-state index in [1.54, 1.807) is 0 Å². The van der Waals surface area contributed by atoms with Crippen LogP contribution in [0.25, 0.3) is 0 Å². The van der Waals surface area contributed by atoms with Gasteiger partial charge in [-0.3, -0.25) is 0 Å². The van der Waals surface area contributed by atoms with Crippen LogP contribution >= 0.6 is 0 Å². The molecule has 174 valence electrons. The van der Waals surface area contributed by atoms with E-state index in [0.717, 1.165) is 32.1 Å². The molecule has 0 aromatic rings. The van der Waals surface area contributed by atoms with E-state index in [-0.39, 0.29) is 23.0 Å². The topological polar surface area (TPSA) is 77.8 Å². The molecule has 3 N–H and O–H groups in total. The van der Waals surface area contributed by atoms with Crippen LogP contribution in [-0.2, 0) is 11.1 Å². The average Bonchev–Trinajstić information content (AvgIpc) is 3.05. The quantitative estimate of drug-likeness (QED) is 0.534. The molecule has 12 atom stereocenters. The third kappa shape index (κ3) is 3.54. The second kappa shape index (κ2) is 8.43. The van der Waals surface area contributed by atoms with Gasteiger partial charge in [-0.2, -0.15) is 0 Å². The lowest BCUT2D eigenvalue weighted by atomic mass is 9.41. The first kappa shape index (κ1) is 23.2. The zero-order chi connectivity index (χ0) is 21.8. The summed E-state index contributed by atoms with van der Waals surface area (Å²) >= 11 is -1.70. The normalized spacial score (nSPS) is 52.8. The van der Waals surface area contributed by atoms with Gasteiger partial charge in [0.2, 0.25) is 0 Å². The highest BCUT2D eigenvalue weighted by Crippen LogP contribution is 2.69. The van der Waals surface area contributed by atoms with Crippen LogP contribution in [0.3, 0.4) is 0 Å². The Morgan fingerprint density at radius 3 is 2.33 bits per heavy atom. The maximum atomic E-state index is 11.7. The maximum Gasteiger partial charge on any atom is 0.152 e. The first-order chi connectivity index (χ1) is 14.1. The molecule has 4 nitrogen and oxygen atoms in total. The van der Waals surface area contributed by atoms with Crippen LogP contribution in [0.5, 0.6) is 0 Å². The Hall–Kier alpha value is 0.0300. The van der Waals surface area contributed by atoms with Crippen LogP contribution in [0.15, 0.2) is 0 Å². The molecular weight excluding hydrogens is 396 g/mol. The average molecular weight is 441 g/mol. The fourth-order valence-corrected chi connectivity index (χ4v) is 9.99. The molecule has 0 spiro atoms. The predicted octanol–water partition coefficient (Wildman–Crippen LogP) is 4.86. The van der Waals surface area contributed by atoms with Crippen LogP contribution in [0, 0.1) is 52.3 Å². The summed E-state index contributed by atoms with van der Waals surface area (Å²) in [7, 11) is 0. The molecule has 0 heterocycles. The molecule has 4 rings (SSSR count). The largest absolute Gasteiger partial charge is 0.393 e. The molecule has 0 saturated heterocycles. The number of hydrogen-bond acceptors (Lipinski definition) is 3. The molecule has 30 heavy (non-hydrogen) atoms. The number of fused-ring (bicyclic) bond motifs is 5. The minimum atomic E-state index is -1.70. The molecule has 4 aliphatic rings. The molecule has 4 aliphatic carbocycles. The van der Waals surface area contributed by atoms with Gasteiger partial charge in [-0.15, -0.1) is 0 Å². The number of rotatable bonds is 5. The Balaban J connectivity index is 1.61. The molecule has 0 aromatic heterocycles. The number of hydrogen-bond donors (Lipinski definition) is 3. The molecule has 4 saturated carbocycles. The fraction of sp³-hybridized carbons (Fsp3) is 1.00. The van der Waals surface area contributed by atoms with Crippen molar-refractivity contribution in [2.75, 3.05) is 5.75 Å². The lowest BCUT2D eigenvalue weighted by Crippen LogP contribution is -2.62. The third-order valence-corrected chi connectivity index (χ3v) is 11.5. The Bertz CT molecular complexity index is 655. The van der Waals surface area contributed by atoms with Crippen molar-refractivity contribution in [3.8, 4) is 0 Å². The lowest BCUT2D eigenvalue weighted by Gasteiger charge is -2.64. The number of aliphatic hydroxyl groups is 2. The Morgan fingerprint density at radius 2 is 1.67 bits per heavy atom. The minimum Gasteiger partial charge on any atom is -0.393 e. The Morgan fingerprint density at radius 1 is 1.00 bits per heavy atom. The molecular formula is C25H44O4S. The van der Waals surface area contributed by atoms with E-state index in [9.17, 15) is 19.0 Å². The predicted molar refractivity (Wildman–Crippen MR) is 121 cm³/mol. The van der Waals surface area contributed by atoms with Crippen molar-refractivity contribution < 1.29 is 19.0 Å². The molecule has 0 aliphatic heterocycles. The second-order valence-corrected chi connectivity index (χ2v) is 13.0. The summed E-state index contributed by atoms with van der Waals surface area (Å²) in [5.41, 5.74) is 0.497. The second-order valence-electron chi connectivity index (χ2n) is 11.9. The summed E-state index contributed by atoms with van der Waals surface area (Å²) in [4.78, 5) is 0. The van der Waals surface area contributed by atoms with Gasteiger partial charge in [0.05, 0.1) is 12.2 Å². The summed E-state index contributed by atoms with van der Waals surface area (Å²) < 4.78 is 20.5. The summed E-state index contributed by atoms with van der Waals surface area (Å²) in [6.45, 7) is 9.48. The fourth-order valence-electron chi connectivity index (χ4n) is 9.42. The van der Waals surface area contributed by atoms with Crippen molar-refractivity contribution in [2.24, 2.45) is 52.3 Å². The van der Waals surface area contributed by atoms with Crippen molar-refractivity contribution in [1.82, 2.24) is 0 Å². The van der Waals surface area contributed by atoms with Crippen LogP contribution in [0.2, 0.25) is 0 Å². The first-order valence-corrected chi connectivity index (χ1v) is 13.8. The monoisotopic (exact) mass is 440 g/mol. The summed E-state index contributed by atoms with van der Waals surface area (Å²) in [6.07, 6.45) is 9.11. The minimum absolute atomic E-state index is 0.191. The Kier molecular flexibility index (Phi) is 6.51. The van der Waals surface area contributed by atoms with Crippen molar-refractivity contribution in [2.45, 2.75) is 97.7 Å². The van der Waals surface area contributed by atoms with Crippen molar-refractivity contribution in [3.63, 3.8) is 0 Å². The highest BCUT2D eigenvalue weighted by molar-refractivity contribution is 7.79. The van der Waals surface area contributed by atoms with E-state index in [1.807, 2.05) is 0 Å². The van der Waals surface area contributed by atoms with Gasteiger partial charge in [0.15, 0.2) is 11.1 Å². The summed E-state index contributed by atoms with van der Waals surface area (Å²) in [5.74, 6) is 3.72. The van der Waals surface area contributed by atoms with Gasteiger partial charge in [-0.25, -0.2) is 4.21 Å². The van der Waals surface area contributed by atoms with Crippen molar-refractivity contribution >= 4 is 11.1 Å². The molecule has 0 bridgehead atoms. The van der Waals surface area contributed by atoms with Crippen LogP contribution < -0.4 is 0 Å². The highest BCUT2D eigenvalue weighted by Gasteiger charge is 2.64. The number of aliphatic hydroxyl groups excluding tert-OH is 2. The molecule has 0 amide bonds. The van der Waals surface area contributed by atoms with Gasteiger partial charge >= 0.3 is 0 Å². The van der Waals surface area contributed by atoms with Gasteiger partial charge in [-0.1, -0.05) is 34.1 Å². The summed E-state index contributed by atoms with van der Waals surface area (Å²) in [6, 6.07) is 0. The SMILES string of the molecule is CC[C@@H]1C2C[C@H](O)CCC2(C)[C@H]2CCC3(C)[C@@H]([C@H](C)CCS(=O)O)CC[C@H]3[C@H]2[C@@H]1O. The lowest BCUT2D eigenvalue weighted by molar-refractivity contribution is -0.203. The summed E-state index contributed by atoms with van der Waals surface area (Å²) in [5, 5.41) is 22.1. The molecule has 5 heteroatoms. The zero-order valence-electron chi connectivity index (χ0n) is 19.4. The maximum absolute atomic E-state index is 11.7. The van der Waals surface area contributed by atoms with Crippen molar-refractivity contribution in [1.29, 1.82) is 0 Å². The van der Waals surface area contributed by atoms with E-state index in [2.05, 4.69) is 27.7 Å². The smallest absolute Gasteiger partial charge is 0.152 e. The first-order valence-electron chi connectivity index (χ1n) is 12.6. The van der Waals surface area contributed by atoms with Crippen LogP contribution in [-0.4, -0.2) is 36.9 Å². The van der Waals surface area contributed by atoms with Gasteiger partial charge < -0.3 is 14.8 Å². The van der Waals surface area contributed by atoms with E-state index in [1.165, 1.54) is 25.7 Å². The Labute approximate surface area is 185 Å². The third-order valence-electron chi connectivity index (χ3n) is 10.9. The van der Waals surface area contributed by atoms with E-state index >= 15 is 0 Å².